The van der Waals surface area contributed by atoms with Crippen molar-refractivity contribution in [3.05, 3.63) is 59.7 Å². The number of likely N-dealkylation sites (N-methyl/N-ethyl adjacent to an activating group) is 1. The summed E-state index contributed by atoms with van der Waals surface area (Å²) in [5.74, 6) is 1.40. The number of aliphatic hydroxyl groups is 1. The molecule has 1 saturated heterocycles. The molecule has 1 unspecified atom stereocenters. The zero-order chi connectivity index (χ0) is 21.2. The van der Waals surface area contributed by atoms with Crippen molar-refractivity contribution in [1.29, 1.82) is 0 Å². The fourth-order valence-electron chi connectivity index (χ4n) is 3.97. The van der Waals surface area contributed by atoms with Crippen molar-refractivity contribution < 1.29 is 14.6 Å². The Morgan fingerprint density at radius 1 is 1.00 bits per heavy atom. The Bertz CT molecular complexity index is 747. The van der Waals surface area contributed by atoms with Gasteiger partial charge in [-0.15, -0.1) is 0 Å². The first-order valence-electron chi connectivity index (χ1n) is 11.1. The van der Waals surface area contributed by atoms with Gasteiger partial charge >= 0.3 is 0 Å². The lowest BCUT2D eigenvalue weighted by atomic mass is 10.1. The predicted molar refractivity (Wildman–Crippen MR) is 121 cm³/mol. The molecular formula is C25H36N2O3. The normalized spacial score (nSPS) is 15.9. The molecule has 0 aliphatic carbocycles. The van der Waals surface area contributed by atoms with E-state index in [1.54, 1.807) is 7.11 Å². The molecule has 3 rings (SSSR count). The Hall–Kier alpha value is -2.08. The van der Waals surface area contributed by atoms with E-state index in [9.17, 15) is 5.11 Å². The average Bonchev–Trinajstić information content (AvgIpc) is 2.78. The molecule has 5 nitrogen and oxygen atoms in total. The van der Waals surface area contributed by atoms with Gasteiger partial charge in [-0.05, 0) is 62.7 Å². The molecule has 0 aromatic heterocycles. The molecule has 1 heterocycles. The van der Waals surface area contributed by atoms with Crippen LogP contribution >= 0.6 is 0 Å². The summed E-state index contributed by atoms with van der Waals surface area (Å²) in [7, 11) is 3.79. The van der Waals surface area contributed by atoms with Crippen LogP contribution in [0.1, 0.15) is 30.4 Å². The first-order valence-corrected chi connectivity index (χ1v) is 11.1. The highest BCUT2D eigenvalue weighted by Gasteiger charge is 2.16. The Kier molecular flexibility index (Phi) is 9.00. The molecule has 1 fully saturated rings. The number of likely N-dealkylation sites (tertiary alicyclic amines) is 1. The van der Waals surface area contributed by atoms with Gasteiger partial charge in [-0.25, -0.2) is 0 Å². The van der Waals surface area contributed by atoms with Crippen LogP contribution in [0.25, 0.3) is 0 Å². The maximum absolute atomic E-state index is 10.4. The minimum Gasteiger partial charge on any atom is -0.493 e. The Morgan fingerprint density at radius 3 is 2.50 bits per heavy atom. The number of hydrogen-bond donors (Lipinski definition) is 1. The lowest BCUT2D eigenvalue weighted by Crippen LogP contribution is -2.38. The van der Waals surface area contributed by atoms with Crippen molar-refractivity contribution in [3.63, 3.8) is 0 Å². The van der Waals surface area contributed by atoms with Crippen LogP contribution in [0.15, 0.2) is 48.5 Å². The van der Waals surface area contributed by atoms with Gasteiger partial charge in [0.25, 0.3) is 0 Å². The lowest BCUT2D eigenvalue weighted by Gasteiger charge is -2.28. The summed E-state index contributed by atoms with van der Waals surface area (Å²) in [6, 6.07) is 16.6. The molecule has 2 aromatic rings. The van der Waals surface area contributed by atoms with Gasteiger partial charge in [0.15, 0.2) is 11.5 Å². The molecule has 2 aromatic carbocycles. The molecule has 0 radical (unpaired) electrons. The van der Waals surface area contributed by atoms with Crippen molar-refractivity contribution in [2.24, 2.45) is 0 Å². The average molecular weight is 413 g/mol. The second-order valence-electron chi connectivity index (χ2n) is 8.28. The van der Waals surface area contributed by atoms with E-state index in [1.807, 2.05) is 12.1 Å². The number of ether oxygens (including phenoxy) is 2. The van der Waals surface area contributed by atoms with Crippen molar-refractivity contribution >= 4 is 0 Å². The van der Waals surface area contributed by atoms with Crippen LogP contribution in [-0.2, 0) is 13.0 Å². The Balaban J connectivity index is 1.50. The summed E-state index contributed by atoms with van der Waals surface area (Å²) in [4.78, 5) is 4.64. The Morgan fingerprint density at radius 2 is 1.77 bits per heavy atom. The third kappa shape index (κ3) is 7.31. The van der Waals surface area contributed by atoms with Crippen molar-refractivity contribution in [2.45, 2.75) is 38.3 Å². The van der Waals surface area contributed by atoms with Crippen LogP contribution in [0.3, 0.4) is 0 Å². The minimum atomic E-state index is -0.495. The van der Waals surface area contributed by atoms with E-state index in [-0.39, 0.29) is 6.61 Å². The number of rotatable bonds is 11. The summed E-state index contributed by atoms with van der Waals surface area (Å²) in [5.41, 5.74) is 2.53. The molecule has 1 atom stereocenters. The maximum Gasteiger partial charge on any atom is 0.161 e. The van der Waals surface area contributed by atoms with Crippen molar-refractivity contribution in [2.75, 3.05) is 46.9 Å². The SMILES string of the molecule is COc1ccc(CN(C)CCc2ccccc2)cc1OCC(O)CN1CCCCC1. The number of benzene rings is 2. The van der Waals surface area contributed by atoms with E-state index in [0.717, 1.165) is 32.6 Å². The number of β-amino-alcohol motifs (C(OH)–C–C–N with tert-alkyl or cyclic N) is 1. The zero-order valence-corrected chi connectivity index (χ0v) is 18.4. The van der Waals surface area contributed by atoms with Crippen LogP contribution in [0.5, 0.6) is 11.5 Å². The van der Waals surface area contributed by atoms with Gasteiger partial charge in [0.05, 0.1) is 7.11 Å². The van der Waals surface area contributed by atoms with Gasteiger partial charge in [-0.1, -0.05) is 42.8 Å². The van der Waals surface area contributed by atoms with Crippen LogP contribution < -0.4 is 9.47 Å². The molecule has 1 aliphatic rings. The van der Waals surface area contributed by atoms with E-state index >= 15 is 0 Å². The van der Waals surface area contributed by atoms with E-state index in [0.29, 0.717) is 18.0 Å². The first-order chi connectivity index (χ1) is 14.6. The molecule has 0 spiro atoms. The Labute approximate surface area is 181 Å². The van der Waals surface area contributed by atoms with E-state index in [4.69, 9.17) is 9.47 Å². The molecule has 1 aliphatic heterocycles. The number of aliphatic hydroxyl groups excluding tert-OH is 1. The minimum absolute atomic E-state index is 0.278. The second-order valence-corrected chi connectivity index (χ2v) is 8.28. The highest BCUT2D eigenvalue weighted by molar-refractivity contribution is 5.43. The molecule has 164 valence electrons. The maximum atomic E-state index is 10.4. The van der Waals surface area contributed by atoms with Gasteiger partial charge in [0.2, 0.25) is 0 Å². The molecule has 30 heavy (non-hydrogen) atoms. The van der Waals surface area contributed by atoms with Crippen LogP contribution in [-0.4, -0.2) is 68.0 Å². The van der Waals surface area contributed by atoms with Crippen LogP contribution in [0.2, 0.25) is 0 Å². The van der Waals surface area contributed by atoms with E-state index in [2.05, 4.69) is 53.2 Å². The predicted octanol–water partition coefficient (Wildman–Crippen LogP) is 3.60. The van der Waals surface area contributed by atoms with Crippen molar-refractivity contribution in [1.82, 2.24) is 9.80 Å². The second kappa shape index (κ2) is 11.9. The monoisotopic (exact) mass is 412 g/mol. The third-order valence-electron chi connectivity index (χ3n) is 5.65. The number of hydrogen-bond acceptors (Lipinski definition) is 5. The summed E-state index contributed by atoms with van der Waals surface area (Å²) in [6.45, 7) is 4.92. The summed E-state index contributed by atoms with van der Waals surface area (Å²) in [6.07, 6.45) is 4.28. The largest absolute Gasteiger partial charge is 0.493 e. The smallest absolute Gasteiger partial charge is 0.161 e. The quantitative estimate of drug-likeness (QED) is 0.611. The van der Waals surface area contributed by atoms with Crippen LogP contribution in [0.4, 0.5) is 0 Å². The van der Waals surface area contributed by atoms with Gasteiger partial charge < -0.3 is 24.4 Å². The van der Waals surface area contributed by atoms with Gasteiger partial charge in [0, 0.05) is 19.6 Å². The number of piperidine rings is 1. The standard InChI is InChI=1S/C25H36N2O3/c1-26(16-13-21-9-5-3-6-10-21)18-22-11-12-24(29-2)25(17-22)30-20-23(28)19-27-14-7-4-8-15-27/h3,5-6,9-12,17,23,28H,4,7-8,13-16,18-20H2,1-2H3. The molecular weight excluding hydrogens is 376 g/mol. The first kappa shape index (κ1) is 22.6. The highest BCUT2D eigenvalue weighted by atomic mass is 16.5. The lowest BCUT2D eigenvalue weighted by molar-refractivity contribution is 0.0608. The number of methoxy groups -OCH3 is 1. The fourth-order valence-corrected chi connectivity index (χ4v) is 3.97. The molecule has 0 saturated carbocycles. The summed E-state index contributed by atoms with van der Waals surface area (Å²) < 4.78 is 11.4. The fraction of sp³-hybridized carbons (Fsp3) is 0.520. The zero-order valence-electron chi connectivity index (χ0n) is 18.4. The molecule has 0 bridgehead atoms. The van der Waals surface area contributed by atoms with E-state index < -0.39 is 6.10 Å². The third-order valence-corrected chi connectivity index (χ3v) is 5.65. The molecule has 1 N–H and O–H groups in total. The molecule has 0 amide bonds. The summed E-state index contributed by atoms with van der Waals surface area (Å²) in [5, 5.41) is 10.4. The summed E-state index contributed by atoms with van der Waals surface area (Å²) >= 11 is 0. The topological polar surface area (TPSA) is 45.2 Å². The number of nitrogens with zero attached hydrogens (tertiary/aromatic N) is 2. The highest BCUT2D eigenvalue weighted by Crippen LogP contribution is 2.28. The molecule has 5 heteroatoms. The van der Waals surface area contributed by atoms with Gasteiger partial charge in [-0.2, -0.15) is 0 Å². The van der Waals surface area contributed by atoms with Crippen LogP contribution in [0, 0.1) is 0 Å². The van der Waals surface area contributed by atoms with Gasteiger partial charge in [0.1, 0.15) is 12.7 Å². The van der Waals surface area contributed by atoms with Crippen molar-refractivity contribution in [3.8, 4) is 11.5 Å². The van der Waals surface area contributed by atoms with E-state index in [1.165, 1.54) is 30.4 Å². The van der Waals surface area contributed by atoms with Gasteiger partial charge in [-0.3, -0.25) is 0 Å².